The van der Waals surface area contributed by atoms with Crippen LogP contribution in [0, 0.1) is 17.7 Å². The van der Waals surface area contributed by atoms with Crippen LogP contribution in [-0.2, 0) is 9.05 Å². The summed E-state index contributed by atoms with van der Waals surface area (Å²) in [7, 11) is 1.23. The lowest BCUT2D eigenvalue weighted by molar-refractivity contribution is 0.0780. The molecule has 1 aliphatic heterocycles. The van der Waals surface area contributed by atoms with Crippen molar-refractivity contribution in [3.63, 3.8) is 0 Å². The lowest BCUT2D eigenvalue weighted by Crippen LogP contribution is -2.29. The van der Waals surface area contributed by atoms with Gasteiger partial charge in [0.1, 0.15) is 5.82 Å². The molecule has 0 aromatic heterocycles. The Kier molecular flexibility index (Phi) is 4.66. The molecule has 2 unspecified atom stereocenters. The number of benzene rings is 1. The first-order chi connectivity index (χ1) is 9.61. The standard InChI is InChI=1S/C13H14BrClFNO3S/c1-7-5-17(6-8(7)2)13(18)9-3-12(21(15,19)20)10(14)4-11(9)16/h3-4,7-8H,5-6H2,1-2H3. The molecule has 1 amide bonds. The summed E-state index contributed by atoms with van der Waals surface area (Å²) in [6.07, 6.45) is 0. The van der Waals surface area contributed by atoms with Gasteiger partial charge >= 0.3 is 0 Å². The van der Waals surface area contributed by atoms with Gasteiger partial charge in [-0.25, -0.2) is 12.8 Å². The van der Waals surface area contributed by atoms with Gasteiger partial charge < -0.3 is 4.90 Å². The van der Waals surface area contributed by atoms with Gasteiger partial charge in [-0.1, -0.05) is 13.8 Å². The number of carbonyl (C=O) groups excluding carboxylic acids is 1. The smallest absolute Gasteiger partial charge is 0.262 e. The van der Waals surface area contributed by atoms with E-state index in [9.17, 15) is 17.6 Å². The number of hydrogen-bond donors (Lipinski definition) is 0. The third-order valence-electron chi connectivity index (χ3n) is 3.79. The van der Waals surface area contributed by atoms with Gasteiger partial charge in [-0.15, -0.1) is 0 Å². The minimum atomic E-state index is -4.06. The van der Waals surface area contributed by atoms with E-state index in [2.05, 4.69) is 15.9 Å². The Hall–Kier alpha value is -0.660. The van der Waals surface area contributed by atoms with Crippen LogP contribution in [0.5, 0.6) is 0 Å². The molecule has 0 spiro atoms. The highest BCUT2D eigenvalue weighted by Crippen LogP contribution is 2.30. The first kappa shape index (κ1) is 16.7. The summed E-state index contributed by atoms with van der Waals surface area (Å²) < 4.78 is 36.9. The summed E-state index contributed by atoms with van der Waals surface area (Å²) in [6.45, 7) is 5.09. The maximum atomic E-state index is 14.0. The van der Waals surface area contributed by atoms with Gasteiger partial charge in [0.15, 0.2) is 0 Å². The van der Waals surface area contributed by atoms with Gasteiger partial charge in [0.25, 0.3) is 15.0 Å². The van der Waals surface area contributed by atoms with Crippen LogP contribution in [0.25, 0.3) is 0 Å². The van der Waals surface area contributed by atoms with Crippen molar-refractivity contribution in [2.75, 3.05) is 13.1 Å². The Morgan fingerprint density at radius 3 is 2.33 bits per heavy atom. The number of amides is 1. The summed E-state index contributed by atoms with van der Waals surface area (Å²) >= 11 is 2.94. The Balaban J connectivity index is 2.43. The molecular weight excluding hydrogens is 385 g/mol. The van der Waals surface area contributed by atoms with E-state index in [-0.39, 0.29) is 14.9 Å². The van der Waals surface area contributed by atoms with E-state index in [1.165, 1.54) is 4.90 Å². The fourth-order valence-electron chi connectivity index (χ4n) is 2.35. The molecule has 1 aliphatic rings. The van der Waals surface area contributed by atoms with Crippen LogP contribution in [0.15, 0.2) is 21.5 Å². The molecular formula is C13H14BrClFNO3S. The Morgan fingerprint density at radius 1 is 1.33 bits per heavy atom. The maximum absolute atomic E-state index is 14.0. The molecule has 0 saturated carbocycles. The Bertz CT molecular complexity index is 685. The lowest BCUT2D eigenvalue weighted by Gasteiger charge is -2.17. The summed E-state index contributed by atoms with van der Waals surface area (Å²) in [5.74, 6) is -0.645. The number of rotatable bonds is 2. The normalized spacial score (nSPS) is 22.6. The summed E-state index contributed by atoms with van der Waals surface area (Å²) in [5, 5.41) is 0. The molecule has 1 aromatic rings. The fraction of sp³-hybridized carbons (Fsp3) is 0.462. The average molecular weight is 399 g/mol. The van der Waals surface area contributed by atoms with Crippen molar-refractivity contribution >= 4 is 41.6 Å². The largest absolute Gasteiger partial charge is 0.338 e. The first-order valence-corrected chi connectivity index (χ1v) is 9.44. The molecule has 0 bridgehead atoms. The van der Waals surface area contributed by atoms with Crippen molar-refractivity contribution in [3.8, 4) is 0 Å². The van der Waals surface area contributed by atoms with Crippen molar-refractivity contribution < 1.29 is 17.6 Å². The minimum Gasteiger partial charge on any atom is -0.338 e. The zero-order valence-electron chi connectivity index (χ0n) is 11.4. The topological polar surface area (TPSA) is 54.5 Å². The van der Waals surface area contributed by atoms with Crippen LogP contribution in [-0.4, -0.2) is 32.3 Å². The summed E-state index contributed by atoms with van der Waals surface area (Å²) in [6, 6.07) is 1.93. The third kappa shape index (κ3) is 3.40. The third-order valence-corrected chi connectivity index (χ3v) is 6.07. The van der Waals surface area contributed by atoms with Crippen LogP contribution < -0.4 is 0 Å². The highest BCUT2D eigenvalue weighted by atomic mass is 79.9. The highest BCUT2D eigenvalue weighted by molar-refractivity contribution is 9.10. The zero-order chi connectivity index (χ0) is 15.9. The van der Waals surface area contributed by atoms with Crippen LogP contribution in [0.2, 0.25) is 0 Å². The molecule has 4 nitrogen and oxygen atoms in total. The van der Waals surface area contributed by atoms with E-state index < -0.39 is 20.8 Å². The van der Waals surface area contributed by atoms with Crippen LogP contribution in [0.1, 0.15) is 24.2 Å². The van der Waals surface area contributed by atoms with Crippen molar-refractivity contribution in [3.05, 3.63) is 28.0 Å². The monoisotopic (exact) mass is 397 g/mol. The number of nitrogens with zero attached hydrogens (tertiary/aromatic N) is 1. The molecule has 0 aliphatic carbocycles. The summed E-state index contributed by atoms with van der Waals surface area (Å²) in [4.78, 5) is 13.6. The zero-order valence-corrected chi connectivity index (χ0v) is 14.6. The second kappa shape index (κ2) is 5.85. The maximum Gasteiger partial charge on any atom is 0.262 e. The van der Waals surface area contributed by atoms with E-state index in [0.29, 0.717) is 24.9 Å². The molecule has 8 heteroatoms. The molecule has 2 rings (SSSR count). The van der Waals surface area contributed by atoms with Crippen molar-refractivity contribution in [2.45, 2.75) is 18.7 Å². The SMILES string of the molecule is CC1CN(C(=O)c2cc(S(=O)(=O)Cl)c(Br)cc2F)CC1C. The number of hydrogen-bond acceptors (Lipinski definition) is 3. The number of halogens is 3. The van der Waals surface area contributed by atoms with Crippen LogP contribution in [0.3, 0.4) is 0 Å². The second-order valence-corrected chi connectivity index (χ2v) is 8.75. The van der Waals surface area contributed by atoms with Gasteiger partial charge in [-0.2, -0.15) is 0 Å². The van der Waals surface area contributed by atoms with Gasteiger partial charge in [0, 0.05) is 28.2 Å². The van der Waals surface area contributed by atoms with Crippen LogP contribution in [0.4, 0.5) is 4.39 Å². The fourth-order valence-corrected chi connectivity index (χ4v) is 4.51. The molecule has 116 valence electrons. The number of likely N-dealkylation sites (tertiary alicyclic amines) is 1. The molecule has 1 aromatic carbocycles. The highest BCUT2D eigenvalue weighted by Gasteiger charge is 2.32. The molecule has 1 fully saturated rings. The van der Waals surface area contributed by atoms with E-state index in [1.54, 1.807) is 0 Å². The van der Waals surface area contributed by atoms with Crippen molar-refractivity contribution in [1.29, 1.82) is 0 Å². The second-order valence-electron chi connectivity index (χ2n) is 5.37. The van der Waals surface area contributed by atoms with E-state index in [1.807, 2.05) is 13.8 Å². The van der Waals surface area contributed by atoms with Gasteiger partial charge in [0.05, 0.1) is 10.5 Å². The minimum absolute atomic E-state index is 0.00490. The molecule has 2 atom stereocenters. The van der Waals surface area contributed by atoms with Gasteiger partial charge in [-0.3, -0.25) is 4.79 Å². The predicted molar refractivity (Wildman–Crippen MR) is 81.4 cm³/mol. The Morgan fingerprint density at radius 2 is 1.86 bits per heavy atom. The predicted octanol–water partition coefficient (Wildman–Crippen LogP) is 3.24. The number of carbonyl (C=O) groups is 1. The van der Waals surface area contributed by atoms with Crippen molar-refractivity contribution in [1.82, 2.24) is 4.90 Å². The van der Waals surface area contributed by atoms with Crippen LogP contribution >= 0.6 is 26.6 Å². The molecule has 0 radical (unpaired) electrons. The van der Waals surface area contributed by atoms with Gasteiger partial charge in [0.2, 0.25) is 0 Å². The first-order valence-electron chi connectivity index (χ1n) is 6.34. The lowest BCUT2D eigenvalue weighted by atomic mass is 10.0. The molecule has 0 N–H and O–H groups in total. The molecule has 1 heterocycles. The quantitative estimate of drug-likeness (QED) is 0.719. The van der Waals surface area contributed by atoms with Crippen molar-refractivity contribution in [2.24, 2.45) is 11.8 Å². The molecule has 21 heavy (non-hydrogen) atoms. The van der Waals surface area contributed by atoms with E-state index in [0.717, 1.165) is 12.1 Å². The van der Waals surface area contributed by atoms with E-state index in [4.69, 9.17) is 10.7 Å². The Labute approximate surface area is 135 Å². The average Bonchev–Trinajstić information content (AvgIpc) is 2.67. The summed E-state index contributed by atoms with van der Waals surface area (Å²) in [5.41, 5.74) is -0.279. The molecule has 1 saturated heterocycles. The van der Waals surface area contributed by atoms with Gasteiger partial charge in [-0.05, 0) is 39.9 Å². The van der Waals surface area contributed by atoms with E-state index >= 15 is 0 Å².